The number of ketones is 1. The quantitative estimate of drug-likeness (QED) is 0.722. The van der Waals surface area contributed by atoms with Crippen LogP contribution in [0.25, 0.3) is 0 Å². The maximum atomic E-state index is 11.7. The molecule has 0 heterocycles. The molecule has 0 aromatic carbocycles. The van der Waals surface area contributed by atoms with E-state index in [4.69, 9.17) is 5.11 Å². The molecule has 3 nitrogen and oxygen atoms in total. The maximum absolute atomic E-state index is 11.7. The molecule has 0 radical (unpaired) electrons. The fraction of sp³-hybridized carbons (Fsp3) is 0.842. The van der Waals surface area contributed by atoms with E-state index in [1.165, 1.54) is 38.5 Å². The number of carbonyl (C=O) groups excluding carboxylic acids is 1. The van der Waals surface area contributed by atoms with Crippen LogP contribution in [0.1, 0.15) is 64.7 Å². The highest BCUT2D eigenvalue weighted by Gasteiger charge is 2.57. The zero-order valence-corrected chi connectivity index (χ0v) is 14.0. The van der Waals surface area contributed by atoms with Crippen molar-refractivity contribution in [1.82, 2.24) is 0 Å². The summed E-state index contributed by atoms with van der Waals surface area (Å²) >= 11 is 0. The summed E-state index contributed by atoms with van der Waals surface area (Å²) in [6.07, 6.45) is 11.7. The number of hydrogen-bond acceptors (Lipinski definition) is 3. The highest BCUT2D eigenvalue weighted by atomic mass is 16.3. The molecule has 124 valence electrons. The van der Waals surface area contributed by atoms with Crippen molar-refractivity contribution in [1.29, 1.82) is 0 Å². The van der Waals surface area contributed by atoms with Gasteiger partial charge in [0.05, 0.1) is 5.60 Å². The summed E-state index contributed by atoms with van der Waals surface area (Å²) in [5.74, 6) is 2.17. The summed E-state index contributed by atoms with van der Waals surface area (Å²) < 4.78 is 0. The van der Waals surface area contributed by atoms with E-state index < -0.39 is 5.60 Å². The summed E-state index contributed by atoms with van der Waals surface area (Å²) in [6, 6.07) is 0. The fourth-order valence-electron chi connectivity index (χ4n) is 6.18. The van der Waals surface area contributed by atoms with Crippen LogP contribution in [-0.4, -0.2) is 28.7 Å². The molecule has 3 fully saturated rings. The van der Waals surface area contributed by atoms with Crippen LogP contribution >= 0.6 is 0 Å². The van der Waals surface area contributed by atoms with Gasteiger partial charge in [0.15, 0.2) is 5.78 Å². The summed E-state index contributed by atoms with van der Waals surface area (Å²) in [5.41, 5.74) is 0.973. The molecule has 0 saturated heterocycles. The van der Waals surface area contributed by atoms with E-state index in [-0.39, 0.29) is 5.78 Å². The van der Waals surface area contributed by atoms with Gasteiger partial charge in [-0.15, -0.1) is 0 Å². The number of aliphatic hydroxyl groups excluding tert-OH is 1. The van der Waals surface area contributed by atoms with E-state index in [0.29, 0.717) is 30.1 Å². The molecule has 0 aromatic rings. The van der Waals surface area contributed by atoms with Gasteiger partial charge in [-0.05, 0) is 79.8 Å². The van der Waals surface area contributed by atoms with Crippen molar-refractivity contribution < 1.29 is 15.0 Å². The average molecular weight is 306 g/mol. The Morgan fingerprint density at radius 1 is 1.05 bits per heavy atom. The first-order chi connectivity index (χ1) is 10.5. The second kappa shape index (κ2) is 5.76. The first kappa shape index (κ1) is 16.2. The second-order valence-corrected chi connectivity index (χ2v) is 8.06. The van der Waals surface area contributed by atoms with Crippen LogP contribution in [-0.2, 0) is 4.79 Å². The second-order valence-electron chi connectivity index (χ2n) is 8.06. The Labute approximate surface area is 133 Å². The molecule has 3 heteroatoms. The van der Waals surface area contributed by atoms with E-state index in [0.717, 1.165) is 25.0 Å². The third kappa shape index (κ3) is 2.28. The monoisotopic (exact) mass is 306 g/mol. The average Bonchev–Trinajstić information content (AvgIpc) is 2.92. The van der Waals surface area contributed by atoms with Crippen LogP contribution in [0.4, 0.5) is 0 Å². The largest absolute Gasteiger partial charge is 0.400 e. The van der Waals surface area contributed by atoms with E-state index >= 15 is 0 Å². The molecule has 4 rings (SSSR count). The molecule has 0 bridgehead atoms. The van der Waals surface area contributed by atoms with Crippen molar-refractivity contribution in [3.63, 3.8) is 0 Å². The first-order valence-corrected chi connectivity index (χ1v) is 8.94. The lowest BCUT2D eigenvalue weighted by atomic mass is 9.51. The molecule has 0 aliphatic heterocycles. The molecule has 4 aliphatic carbocycles. The standard InChI is InChI=1S/C18H26O2.CH4O/c1-17-8-2-3-15(17)14-5-4-12-11-13(19)6-10-18(12,20)16(14)7-9-17;1-2/h11,14-16,20H,2-10H2,1H3;2H,1H3. The van der Waals surface area contributed by atoms with Gasteiger partial charge in [0.2, 0.25) is 0 Å². The topological polar surface area (TPSA) is 57.5 Å². The number of hydrogen-bond donors (Lipinski definition) is 2. The molecule has 4 aliphatic rings. The Bertz CT molecular complexity index is 483. The van der Waals surface area contributed by atoms with Gasteiger partial charge in [0.1, 0.15) is 0 Å². The summed E-state index contributed by atoms with van der Waals surface area (Å²) in [5, 5.41) is 18.3. The van der Waals surface area contributed by atoms with Crippen molar-refractivity contribution in [3.05, 3.63) is 11.6 Å². The molecular formula is C19H30O3. The van der Waals surface area contributed by atoms with Gasteiger partial charge in [0.25, 0.3) is 0 Å². The zero-order valence-electron chi connectivity index (χ0n) is 14.0. The van der Waals surface area contributed by atoms with Gasteiger partial charge in [-0.3, -0.25) is 4.79 Å². The van der Waals surface area contributed by atoms with Gasteiger partial charge >= 0.3 is 0 Å². The Hall–Kier alpha value is -0.670. The normalized spacial score (nSPS) is 46.6. The summed E-state index contributed by atoms with van der Waals surface area (Å²) in [7, 11) is 1.00. The van der Waals surface area contributed by atoms with Crippen LogP contribution in [0, 0.1) is 23.2 Å². The number of rotatable bonds is 0. The Balaban J connectivity index is 0.000000693. The first-order valence-electron chi connectivity index (χ1n) is 8.94. The fourth-order valence-corrected chi connectivity index (χ4v) is 6.18. The third-order valence-electron chi connectivity index (χ3n) is 7.22. The zero-order chi connectivity index (χ0) is 16.0. The smallest absolute Gasteiger partial charge is 0.155 e. The Morgan fingerprint density at radius 2 is 1.82 bits per heavy atom. The predicted octanol–water partition coefficient (Wildman–Crippen LogP) is 3.24. The lowest BCUT2D eigenvalue weighted by Crippen LogP contribution is -2.54. The van der Waals surface area contributed by atoms with Crippen molar-refractivity contribution >= 4 is 5.78 Å². The number of aliphatic hydroxyl groups is 2. The minimum absolute atomic E-state index is 0.227. The van der Waals surface area contributed by atoms with Gasteiger partial charge in [-0.1, -0.05) is 13.3 Å². The molecule has 2 N–H and O–H groups in total. The predicted molar refractivity (Wildman–Crippen MR) is 86.3 cm³/mol. The van der Waals surface area contributed by atoms with E-state index in [1.54, 1.807) is 6.08 Å². The molecule has 0 spiro atoms. The van der Waals surface area contributed by atoms with Crippen molar-refractivity contribution in [2.45, 2.75) is 70.3 Å². The summed E-state index contributed by atoms with van der Waals surface area (Å²) in [4.78, 5) is 11.7. The van der Waals surface area contributed by atoms with Crippen LogP contribution < -0.4 is 0 Å². The summed E-state index contributed by atoms with van der Waals surface area (Å²) in [6.45, 7) is 2.49. The van der Waals surface area contributed by atoms with Gasteiger partial charge in [0, 0.05) is 13.5 Å². The van der Waals surface area contributed by atoms with Gasteiger partial charge < -0.3 is 10.2 Å². The number of carbonyl (C=O) groups is 1. The van der Waals surface area contributed by atoms with Crippen LogP contribution in [0.3, 0.4) is 0 Å². The van der Waals surface area contributed by atoms with E-state index in [9.17, 15) is 9.90 Å². The Kier molecular flexibility index (Phi) is 4.24. The van der Waals surface area contributed by atoms with Crippen LogP contribution in [0.2, 0.25) is 0 Å². The molecule has 3 saturated carbocycles. The Morgan fingerprint density at radius 3 is 2.59 bits per heavy atom. The van der Waals surface area contributed by atoms with Crippen molar-refractivity contribution in [2.75, 3.05) is 7.11 Å². The molecule has 5 atom stereocenters. The lowest BCUT2D eigenvalue weighted by Gasteiger charge is -2.56. The molecule has 5 unspecified atom stereocenters. The van der Waals surface area contributed by atoms with Crippen LogP contribution in [0.5, 0.6) is 0 Å². The van der Waals surface area contributed by atoms with Crippen LogP contribution in [0.15, 0.2) is 11.6 Å². The lowest BCUT2D eigenvalue weighted by molar-refractivity contribution is -0.124. The van der Waals surface area contributed by atoms with E-state index in [1.807, 2.05) is 0 Å². The molecular weight excluding hydrogens is 276 g/mol. The third-order valence-corrected chi connectivity index (χ3v) is 7.22. The molecule has 0 amide bonds. The maximum Gasteiger partial charge on any atom is 0.155 e. The van der Waals surface area contributed by atoms with Gasteiger partial charge in [-0.2, -0.15) is 0 Å². The molecule has 22 heavy (non-hydrogen) atoms. The SMILES string of the molecule is CC12CCCC1C1CCC3=CC(=O)CCC3(O)C1CC2.CO. The number of fused-ring (bicyclic) bond motifs is 5. The highest BCUT2D eigenvalue weighted by Crippen LogP contribution is 2.62. The molecule has 0 aromatic heterocycles. The van der Waals surface area contributed by atoms with Crippen molar-refractivity contribution in [3.8, 4) is 0 Å². The highest BCUT2D eigenvalue weighted by molar-refractivity contribution is 5.92. The van der Waals surface area contributed by atoms with Gasteiger partial charge in [-0.25, -0.2) is 0 Å². The van der Waals surface area contributed by atoms with E-state index in [2.05, 4.69) is 6.92 Å². The minimum atomic E-state index is -0.638. The van der Waals surface area contributed by atoms with Crippen molar-refractivity contribution in [2.24, 2.45) is 23.2 Å². The minimum Gasteiger partial charge on any atom is -0.400 e.